The van der Waals surface area contributed by atoms with E-state index in [1.165, 1.54) is 31.5 Å². The molecule has 7 heteroatoms. The largest absolute Gasteiger partial charge is 0.504 e. The number of carbonyl (C=O) groups excluding carboxylic acids is 2. The van der Waals surface area contributed by atoms with Gasteiger partial charge in [0.1, 0.15) is 0 Å². The van der Waals surface area contributed by atoms with Gasteiger partial charge in [-0.2, -0.15) is 5.10 Å². The summed E-state index contributed by atoms with van der Waals surface area (Å²) in [5.74, 6) is 0.215. The molecular formula is C20H29N3O4. The lowest BCUT2D eigenvalue weighted by atomic mass is 9.95. The summed E-state index contributed by atoms with van der Waals surface area (Å²) in [7, 11) is 0. The molecule has 1 aromatic carbocycles. The minimum Gasteiger partial charge on any atom is -0.504 e. The van der Waals surface area contributed by atoms with Crippen molar-refractivity contribution >= 4 is 18.0 Å². The van der Waals surface area contributed by atoms with Crippen LogP contribution in [-0.2, 0) is 9.59 Å². The molecule has 0 aromatic heterocycles. The highest BCUT2D eigenvalue weighted by Crippen LogP contribution is 2.26. The molecular weight excluding hydrogens is 346 g/mol. The lowest BCUT2D eigenvalue weighted by Crippen LogP contribution is -2.36. The summed E-state index contributed by atoms with van der Waals surface area (Å²) in [5.41, 5.74) is 3.15. The van der Waals surface area contributed by atoms with Gasteiger partial charge in [-0.05, 0) is 49.9 Å². The number of rotatable bonds is 9. The third-order valence-corrected chi connectivity index (χ3v) is 4.46. The Balaban J connectivity index is 1.66. The van der Waals surface area contributed by atoms with E-state index in [1.54, 1.807) is 12.1 Å². The van der Waals surface area contributed by atoms with E-state index in [4.69, 9.17) is 4.74 Å². The van der Waals surface area contributed by atoms with Crippen molar-refractivity contribution < 1.29 is 19.4 Å². The molecule has 0 heterocycles. The van der Waals surface area contributed by atoms with E-state index in [9.17, 15) is 14.7 Å². The summed E-state index contributed by atoms with van der Waals surface area (Å²) in [4.78, 5) is 23.7. The van der Waals surface area contributed by atoms with Gasteiger partial charge in [0.2, 0.25) is 11.8 Å². The molecule has 1 saturated carbocycles. The number of carbonyl (C=O) groups is 2. The standard InChI is InChI=1S/C20H29N3O4/c1-2-27-18-13-15(11-12-17(18)24)14-21-23-20(26)10-6-9-19(25)22-16-7-4-3-5-8-16/h11-14,16,24H,2-10H2,1H3,(H,22,25)(H,23,26)/b21-14-. The van der Waals surface area contributed by atoms with Crippen LogP contribution >= 0.6 is 0 Å². The van der Waals surface area contributed by atoms with E-state index >= 15 is 0 Å². The smallest absolute Gasteiger partial charge is 0.240 e. The Bertz CT molecular complexity index is 655. The molecule has 2 amide bonds. The van der Waals surface area contributed by atoms with Crippen LogP contribution in [0.5, 0.6) is 11.5 Å². The van der Waals surface area contributed by atoms with E-state index in [0.29, 0.717) is 36.8 Å². The molecule has 0 unspecified atom stereocenters. The number of phenolic OH excluding ortho intramolecular Hbond substituents is 1. The molecule has 1 aliphatic rings. The van der Waals surface area contributed by atoms with Crippen molar-refractivity contribution in [2.24, 2.45) is 5.10 Å². The topological polar surface area (TPSA) is 100 Å². The van der Waals surface area contributed by atoms with Crippen LogP contribution in [0.25, 0.3) is 0 Å². The fourth-order valence-corrected chi connectivity index (χ4v) is 3.07. The van der Waals surface area contributed by atoms with Gasteiger partial charge in [-0.3, -0.25) is 9.59 Å². The van der Waals surface area contributed by atoms with Crippen LogP contribution in [0.3, 0.4) is 0 Å². The number of aromatic hydroxyl groups is 1. The number of hydrazone groups is 1. The second-order valence-corrected chi connectivity index (χ2v) is 6.71. The lowest BCUT2D eigenvalue weighted by molar-refractivity contribution is -0.123. The predicted molar refractivity (Wildman–Crippen MR) is 104 cm³/mol. The van der Waals surface area contributed by atoms with Gasteiger partial charge in [-0.15, -0.1) is 0 Å². The molecule has 0 spiro atoms. The fourth-order valence-electron chi connectivity index (χ4n) is 3.07. The molecule has 7 nitrogen and oxygen atoms in total. The summed E-state index contributed by atoms with van der Waals surface area (Å²) >= 11 is 0. The van der Waals surface area contributed by atoms with Gasteiger partial charge in [0.25, 0.3) is 0 Å². The molecule has 27 heavy (non-hydrogen) atoms. The normalized spacial score (nSPS) is 14.9. The zero-order valence-corrected chi connectivity index (χ0v) is 15.9. The second-order valence-electron chi connectivity index (χ2n) is 6.71. The van der Waals surface area contributed by atoms with Crippen LogP contribution in [-0.4, -0.2) is 35.8 Å². The summed E-state index contributed by atoms with van der Waals surface area (Å²) < 4.78 is 5.30. The maximum atomic E-state index is 11.9. The molecule has 3 N–H and O–H groups in total. The van der Waals surface area contributed by atoms with Gasteiger partial charge >= 0.3 is 0 Å². The van der Waals surface area contributed by atoms with Crippen LogP contribution in [0.4, 0.5) is 0 Å². The lowest BCUT2D eigenvalue weighted by Gasteiger charge is -2.22. The van der Waals surface area contributed by atoms with Crippen LogP contribution in [0.2, 0.25) is 0 Å². The number of phenols is 1. The van der Waals surface area contributed by atoms with Crippen LogP contribution < -0.4 is 15.5 Å². The minimum atomic E-state index is -0.236. The zero-order chi connectivity index (χ0) is 19.5. The van der Waals surface area contributed by atoms with Crippen molar-refractivity contribution in [3.63, 3.8) is 0 Å². The summed E-state index contributed by atoms with van der Waals surface area (Å²) in [6, 6.07) is 5.13. The molecule has 0 radical (unpaired) electrons. The molecule has 0 atom stereocenters. The summed E-state index contributed by atoms with van der Waals surface area (Å²) in [6.07, 6.45) is 8.30. The van der Waals surface area contributed by atoms with Gasteiger partial charge < -0.3 is 15.2 Å². The Labute approximate surface area is 160 Å². The van der Waals surface area contributed by atoms with Crippen molar-refractivity contribution in [3.05, 3.63) is 23.8 Å². The van der Waals surface area contributed by atoms with Crippen molar-refractivity contribution in [2.45, 2.75) is 64.3 Å². The number of benzene rings is 1. The van der Waals surface area contributed by atoms with E-state index in [2.05, 4.69) is 15.8 Å². The van der Waals surface area contributed by atoms with E-state index < -0.39 is 0 Å². The molecule has 0 aliphatic heterocycles. The Hall–Kier alpha value is -2.57. The molecule has 1 fully saturated rings. The quantitative estimate of drug-likeness (QED) is 0.456. The highest BCUT2D eigenvalue weighted by molar-refractivity contribution is 5.83. The molecule has 2 rings (SSSR count). The second kappa shape index (κ2) is 11.2. The van der Waals surface area contributed by atoms with Gasteiger partial charge in [0, 0.05) is 18.9 Å². The maximum Gasteiger partial charge on any atom is 0.240 e. The average molecular weight is 375 g/mol. The fraction of sp³-hybridized carbons (Fsp3) is 0.550. The highest BCUT2D eigenvalue weighted by Gasteiger charge is 2.15. The summed E-state index contributed by atoms with van der Waals surface area (Å²) in [5, 5.41) is 16.6. The van der Waals surface area contributed by atoms with Crippen molar-refractivity contribution in [1.29, 1.82) is 0 Å². The van der Waals surface area contributed by atoms with Crippen LogP contribution in [0, 0.1) is 0 Å². The highest BCUT2D eigenvalue weighted by atomic mass is 16.5. The number of hydrogen-bond acceptors (Lipinski definition) is 5. The zero-order valence-electron chi connectivity index (χ0n) is 15.9. The van der Waals surface area contributed by atoms with Crippen molar-refractivity contribution in [2.75, 3.05) is 6.61 Å². The summed E-state index contributed by atoms with van der Waals surface area (Å²) in [6.45, 7) is 2.27. The van der Waals surface area contributed by atoms with E-state index in [0.717, 1.165) is 12.8 Å². The predicted octanol–water partition coefficient (Wildman–Crippen LogP) is 2.86. The first kappa shape index (κ1) is 20.7. The maximum absolute atomic E-state index is 11.9. The van der Waals surface area contributed by atoms with Crippen LogP contribution in [0.15, 0.2) is 23.3 Å². The number of nitrogens with one attached hydrogen (secondary N) is 2. The van der Waals surface area contributed by atoms with Gasteiger partial charge in [-0.1, -0.05) is 19.3 Å². The number of hydrogen-bond donors (Lipinski definition) is 3. The Morgan fingerprint density at radius 2 is 1.96 bits per heavy atom. The third-order valence-electron chi connectivity index (χ3n) is 4.46. The average Bonchev–Trinajstić information content (AvgIpc) is 2.65. The van der Waals surface area contributed by atoms with Crippen molar-refractivity contribution in [3.8, 4) is 11.5 Å². The van der Waals surface area contributed by atoms with Gasteiger partial charge in [0.05, 0.1) is 12.8 Å². The third kappa shape index (κ3) is 7.68. The first-order valence-electron chi connectivity index (χ1n) is 9.65. The van der Waals surface area contributed by atoms with Gasteiger partial charge in [0.15, 0.2) is 11.5 Å². The number of amides is 2. The minimum absolute atomic E-state index is 0.0192. The van der Waals surface area contributed by atoms with Crippen LogP contribution in [0.1, 0.15) is 63.9 Å². The number of ether oxygens (including phenoxy) is 1. The van der Waals surface area contributed by atoms with E-state index in [1.807, 2.05) is 6.92 Å². The number of nitrogens with zero attached hydrogens (tertiary/aromatic N) is 1. The Morgan fingerprint density at radius 3 is 2.70 bits per heavy atom. The van der Waals surface area contributed by atoms with Gasteiger partial charge in [-0.25, -0.2) is 5.43 Å². The Morgan fingerprint density at radius 1 is 1.22 bits per heavy atom. The molecule has 1 aliphatic carbocycles. The SMILES string of the molecule is CCOc1cc(/C=N\NC(=O)CCCC(=O)NC2CCCCC2)ccc1O. The van der Waals surface area contributed by atoms with Crippen molar-refractivity contribution in [1.82, 2.24) is 10.7 Å². The van der Waals surface area contributed by atoms with E-state index in [-0.39, 0.29) is 24.0 Å². The molecule has 0 saturated heterocycles. The molecule has 0 bridgehead atoms. The first-order valence-corrected chi connectivity index (χ1v) is 9.65. The monoisotopic (exact) mass is 375 g/mol. The molecule has 148 valence electrons. The molecule has 1 aromatic rings. The Kier molecular flexibility index (Phi) is 8.61. The first-order chi connectivity index (χ1) is 13.1.